The van der Waals surface area contributed by atoms with Gasteiger partial charge < -0.3 is 10.6 Å². The Balaban J connectivity index is 2.05. The summed E-state index contributed by atoms with van der Waals surface area (Å²) < 4.78 is 1.79. The van der Waals surface area contributed by atoms with E-state index in [4.69, 9.17) is 0 Å². The zero-order valence-corrected chi connectivity index (χ0v) is 12.6. The van der Waals surface area contributed by atoms with Crippen LogP contribution in [0.5, 0.6) is 0 Å². The summed E-state index contributed by atoms with van der Waals surface area (Å²) in [4.78, 5) is 9.09. The number of anilines is 3. The molecule has 0 aliphatic carbocycles. The Morgan fingerprint density at radius 2 is 1.76 bits per heavy atom. The van der Waals surface area contributed by atoms with Crippen LogP contribution in [0.25, 0.3) is 5.65 Å². The summed E-state index contributed by atoms with van der Waals surface area (Å²) in [5.74, 6) is 2.41. The fraction of sp³-hybridized carbons (Fsp3) is 0.267. The number of aryl methyl sites for hydroxylation is 3. The van der Waals surface area contributed by atoms with Crippen LogP contribution in [0.1, 0.15) is 16.8 Å². The standard InChI is InChI=1S/C15H18N6/c1-9-5-11(3)18-12(6-9)19-13-7-14(16-4)21-15(20-13)10(2)8-17-21/h5-8,16H,1-4H3,(H,18,19,20). The summed E-state index contributed by atoms with van der Waals surface area (Å²) in [6, 6.07) is 5.96. The summed E-state index contributed by atoms with van der Waals surface area (Å²) in [6.07, 6.45) is 1.81. The molecule has 0 unspecified atom stereocenters. The molecule has 3 rings (SSSR count). The Labute approximate surface area is 123 Å². The number of aromatic nitrogens is 4. The van der Waals surface area contributed by atoms with Crippen molar-refractivity contribution in [3.8, 4) is 0 Å². The molecule has 0 saturated carbocycles. The van der Waals surface area contributed by atoms with Crippen molar-refractivity contribution >= 4 is 23.1 Å². The van der Waals surface area contributed by atoms with Crippen molar-refractivity contribution in [2.45, 2.75) is 20.8 Å². The van der Waals surface area contributed by atoms with Crippen molar-refractivity contribution in [2.75, 3.05) is 17.7 Å². The second kappa shape index (κ2) is 5.05. The second-order valence-corrected chi connectivity index (χ2v) is 5.14. The number of nitrogens with zero attached hydrogens (tertiary/aromatic N) is 4. The summed E-state index contributed by atoms with van der Waals surface area (Å²) in [5.41, 5.74) is 4.01. The van der Waals surface area contributed by atoms with Crippen LogP contribution in [-0.2, 0) is 0 Å². The predicted octanol–water partition coefficient (Wildman–Crippen LogP) is 2.83. The molecule has 108 valence electrons. The molecule has 3 aromatic heterocycles. The van der Waals surface area contributed by atoms with Gasteiger partial charge in [-0.05, 0) is 38.5 Å². The third kappa shape index (κ3) is 2.52. The van der Waals surface area contributed by atoms with Crippen LogP contribution in [0, 0.1) is 20.8 Å². The molecular weight excluding hydrogens is 264 g/mol. The van der Waals surface area contributed by atoms with Gasteiger partial charge in [0.05, 0.1) is 6.20 Å². The zero-order chi connectivity index (χ0) is 15.0. The summed E-state index contributed by atoms with van der Waals surface area (Å²) >= 11 is 0. The van der Waals surface area contributed by atoms with Gasteiger partial charge in [-0.1, -0.05) is 0 Å². The van der Waals surface area contributed by atoms with Crippen molar-refractivity contribution in [3.05, 3.63) is 41.2 Å². The Hall–Kier alpha value is -2.63. The van der Waals surface area contributed by atoms with Crippen LogP contribution in [-0.4, -0.2) is 26.6 Å². The van der Waals surface area contributed by atoms with Gasteiger partial charge in [0.15, 0.2) is 5.65 Å². The number of rotatable bonds is 3. The highest BCUT2D eigenvalue weighted by Crippen LogP contribution is 2.21. The van der Waals surface area contributed by atoms with Crippen LogP contribution in [0.4, 0.5) is 17.5 Å². The molecule has 0 radical (unpaired) electrons. The molecule has 6 heteroatoms. The van der Waals surface area contributed by atoms with Gasteiger partial charge in [0.2, 0.25) is 0 Å². The molecule has 0 spiro atoms. The molecule has 0 aromatic carbocycles. The monoisotopic (exact) mass is 282 g/mol. The predicted molar refractivity (Wildman–Crippen MR) is 84.3 cm³/mol. The first-order valence-corrected chi connectivity index (χ1v) is 6.82. The lowest BCUT2D eigenvalue weighted by molar-refractivity contribution is 0.944. The van der Waals surface area contributed by atoms with Gasteiger partial charge >= 0.3 is 0 Å². The van der Waals surface area contributed by atoms with Gasteiger partial charge in [-0.25, -0.2) is 9.97 Å². The topological polar surface area (TPSA) is 67.1 Å². The van der Waals surface area contributed by atoms with Crippen molar-refractivity contribution in [2.24, 2.45) is 0 Å². The van der Waals surface area contributed by atoms with Gasteiger partial charge in [-0.15, -0.1) is 0 Å². The zero-order valence-electron chi connectivity index (χ0n) is 12.6. The highest BCUT2D eigenvalue weighted by Gasteiger charge is 2.09. The number of fused-ring (bicyclic) bond motifs is 1. The van der Waals surface area contributed by atoms with Gasteiger partial charge in [0.25, 0.3) is 0 Å². The molecule has 2 N–H and O–H groups in total. The smallest absolute Gasteiger partial charge is 0.162 e. The van der Waals surface area contributed by atoms with Crippen molar-refractivity contribution < 1.29 is 0 Å². The van der Waals surface area contributed by atoms with E-state index in [2.05, 4.69) is 32.6 Å². The number of nitrogens with one attached hydrogen (secondary N) is 2. The maximum Gasteiger partial charge on any atom is 0.162 e. The molecule has 0 aliphatic rings. The van der Waals surface area contributed by atoms with Gasteiger partial charge in [0.1, 0.15) is 17.5 Å². The SMILES string of the molecule is CNc1cc(Nc2cc(C)cc(C)n2)nc2c(C)cnn12. The first-order valence-electron chi connectivity index (χ1n) is 6.82. The van der Waals surface area contributed by atoms with E-state index in [-0.39, 0.29) is 0 Å². The van der Waals surface area contributed by atoms with E-state index in [1.54, 1.807) is 4.52 Å². The molecule has 21 heavy (non-hydrogen) atoms. The Bertz CT molecular complexity index is 785. The molecule has 0 saturated heterocycles. The summed E-state index contributed by atoms with van der Waals surface area (Å²) in [7, 11) is 1.87. The average molecular weight is 282 g/mol. The van der Waals surface area contributed by atoms with E-state index >= 15 is 0 Å². The number of hydrogen-bond donors (Lipinski definition) is 2. The lowest BCUT2D eigenvalue weighted by Crippen LogP contribution is -2.05. The molecular formula is C15H18N6. The van der Waals surface area contributed by atoms with E-state index in [1.165, 1.54) is 5.56 Å². The van der Waals surface area contributed by atoms with E-state index < -0.39 is 0 Å². The molecule has 0 amide bonds. The molecule has 0 aliphatic heterocycles. The van der Waals surface area contributed by atoms with Crippen LogP contribution < -0.4 is 10.6 Å². The van der Waals surface area contributed by atoms with Crippen LogP contribution in [0.2, 0.25) is 0 Å². The van der Waals surface area contributed by atoms with Crippen molar-refractivity contribution in [1.82, 2.24) is 19.6 Å². The Morgan fingerprint density at radius 3 is 2.48 bits per heavy atom. The van der Waals surface area contributed by atoms with E-state index in [1.807, 2.05) is 45.3 Å². The third-order valence-corrected chi connectivity index (χ3v) is 3.26. The largest absolute Gasteiger partial charge is 0.373 e. The van der Waals surface area contributed by atoms with Crippen molar-refractivity contribution in [3.63, 3.8) is 0 Å². The highest BCUT2D eigenvalue weighted by atomic mass is 15.3. The van der Waals surface area contributed by atoms with Gasteiger partial charge in [-0.3, -0.25) is 0 Å². The molecule has 0 bridgehead atoms. The number of pyridine rings is 1. The third-order valence-electron chi connectivity index (χ3n) is 3.26. The highest BCUT2D eigenvalue weighted by molar-refractivity contribution is 5.63. The van der Waals surface area contributed by atoms with E-state index in [0.717, 1.165) is 34.4 Å². The maximum absolute atomic E-state index is 4.61. The average Bonchev–Trinajstić information content (AvgIpc) is 2.79. The Kier molecular flexibility index (Phi) is 3.21. The first-order chi connectivity index (χ1) is 10.1. The molecule has 0 atom stereocenters. The minimum absolute atomic E-state index is 0.743. The quantitative estimate of drug-likeness (QED) is 0.773. The lowest BCUT2D eigenvalue weighted by Gasteiger charge is -2.10. The first kappa shape index (κ1) is 13.4. The normalized spacial score (nSPS) is 10.9. The maximum atomic E-state index is 4.61. The Morgan fingerprint density at radius 1 is 1.00 bits per heavy atom. The van der Waals surface area contributed by atoms with E-state index in [9.17, 15) is 0 Å². The minimum atomic E-state index is 0.743. The van der Waals surface area contributed by atoms with Gasteiger partial charge in [0, 0.05) is 24.4 Å². The van der Waals surface area contributed by atoms with Crippen LogP contribution >= 0.6 is 0 Å². The second-order valence-electron chi connectivity index (χ2n) is 5.14. The number of hydrogen-bond acceptors (Lipinski definition) is 5. The van der Waals surface area contributed by atoms with Crippen molar-refractivity contribution in [1.29, 1.82) is 0 Å². The van der Waals surface area contributed by atoms with E-state index in [0.29, 0.717) is 0 Å². The van der Waals surface area contributed by atoms with Crippen LogP contribution in [0.3, 0.4) is 0 Å². The summed E-state index contributed by atoms with van der Waals surface area (Å²) in [5, 5.41) is 10.7. The minimum Gasteiger partial charge on any atom is -0.373 e. The molecule has 3 heterocycles. The van der Waals surface area contributed by atoms with Gasteiger partial charge in [-0.2, -0.15) is 9.61 Å². The summed E-state index contributed by atoms with van der Waals surface area (Å²) in [6.45, 7) is 6.03. The fourth-order valence-corrected chi connectivity index (χ4v) is 2.35. The lowest BCUT2D eigenvalue weighted by atomic mass is 10.2. The van der Waals surface area contributed by atoms with Crippen LogP contribution in [0.15, 0.2) is 24.4 Å². The molecule has 6 nitrogen and oxygen atoms in total. The molecule has 3 aromatic rings. The fourth-order valence-electron chi connectivity index (χ4n) is 2.35. The molecule has 0 fully saturated rings.